The third-order valence-corrected chi connectivity index (χ3v) is 4.20. The summed E-state index contributed by atoms with van der Waals surface area (Å²) in [6.45, 7) is 1.75. The molecule has 0 aromatic heterocycles. The molecule has 0 saturated heterocycles. The zero-order chi connectivity index (χ0) is 14.6. The van der Waals surface area contributed by atoms with Crippen molar-refractivity contribution in [3.63, 3.8) is 0 Å². The van der Waals surface area contributed by atoms with E-state index in [0.29, 0.717) is 22.0 Å². The van der Waals surface area contributed by atoms with E-state index in [1.54, 1.807) is 19.1 Å². The molecule has 1 aromatic rings. The number of benzene rings is 1. The summed E-state index contributed by atoms with van der Waals surface area (Å²) in [6, 6.07) is 4.34. The first-order valence-corrected chi connectivity index (χ1v) is 8.44. The van der Waals surface area contributed by atoms with Crippen molar-refractivity contribution in [3.8, 4) is 0 Å². The number of nitrogens with one attached hydrogen (secondary N) is 1. The lowest BCUT2D eigenvalue weighted by atomic mass is 10.2. The second-order valence-corrected chi connectivity index (χ2v) is 7.50. The highest BCUT2D eigenvalue weighted by Crippen LogP contribution is 2.22. The average molecular weight is 324 g/mol. The van der Waals surface area contributed by atoms with Gasteiger partial charge in [0.1, 0.15) is 9.84 Å². The highest BCUT2D eigenvalue weighted by molar-refractivity contribution is 7.90. The summed E-state index contributed by atoms with van der Waals surface area (Å²) < 4.78 is 22.1. The largest absolute Gasteiger partial charge is 0.350 e. The van der Waals surface area contributed by atoms with Crippen molar-refractivity contribution in [3.05, 3.63) is 33.8 Å². The van der Waals surface area contributed by atoms with E-state index in [1.807, 2.05) is 0 Å². The smallest absolute Gasteiger partial charge is 0.251 e. The fourth-order valence-electron chi connectivity index (χ4n) is 1.41. The van der Waals surface area contributed by atoms with Crippen LogP contribution in [0.15, 0.2) is 18.2 Å². The molecule has 0 unspecified atom stereocenters. The maximum atomic E-state index is 11.9. The highest BCUT2D eigenvalue weighted by Gasteiger charge is 2.13. The van der Waals surface area contributed by atoms with Crippen molar-refractivity contribution in [2.45, 2.75) is 19.4 Å². The van der Waals surface area contributed by atoms with Crippen LogP contribution in [0.25, 0.3) is 0 Å². The molecular weight excluding hydrogens is 309 g/mol. The number of carbonyl (C=O) groups is 1. The topological polar surface area (TPSA) is 63.2 Å². The Morgan fingerprint density at radius 1 is 1.32 bits per heavy atom. The van der Waals surface area contributed by atoms with Gasteiger partial charge in [-0.25, -0.2) is 8.42 Å². The standard InChI is InChI=1S/C12H15Cl2NO3S/c1-8(5-6-19(2,17)18)15-12(16)9-3-4-10(13)11(14)7-9/h3-4,7-8H,5-6H2,1-2H3,(H,15,16)/t8-/m0/s1. The van der Waals surface area contributed by atoms with Crippen LogP contribution in [0, 0.1) is 0 Å². The van der Waals surface area contributed by atoms with Gasteiger partial charge in [-0.05, 0) is 31.5 Å². The maximum absolute atomic E-state index is 11.9. The van der Waals surface area contributed by atoms with Gasteiger partial charge in [0.05, 0.1) is 15.8 Å². The van der Waals surface area contributed by atoms with Crippen LogP contribution in [0.5, 0.6) is 0 Å². The van der Waals surface area contributed by atoms with Gasteiger partial charge in [0.15, 0.2) is 0 Å². The summed E-state index contributed by atoms with van der Waals surface area (Å²) >= 11 is 11.6. The zero-order valence-corrected chi connectivity index (χ0v) is 12.9. The minimum Gasteiger partial charge on any atom is -0.350 e. The zero-order valence-electron chi connectivity index (χ0n) is 10.6. The van der Waals surface area contributed by atoms with Crippen molar-refractivity contribution in [1.82, 2.24) is 5.32 Å². The molecule has 0 heterocycles. The number of rotatable bonds is 5. The van der Waals surface area contributed by atoms with Crippen molar-refractivity contribution < 1.29 is 13.2 Å². The molecule has 106 valence electrons. The van der Waals surface area contributed by atoms with Crippen molar-refractivity contribution in [2.75, 3.05) is 12.0 Å². The Balaban J connectivity index is 2.61. The molecule has 19 heavy (non-hydrogen) atoms. The van der Waals surface area contributed by atoms with Gasteiger partial charge in [-0.1, -0.05) is 23.2 Å². The SMILES string of the molecule is C[C@@H](CCS(C)(=O)=O)NC(=O)c1ccc(Cl)c(Cl)c1. The number of halogens is 2. The van der Waals surface area contributed by atoms with Crippen molar-refractivity contribution in [1.29, 1.82) is 0 Å². The Hall–Kier alpha value is -0.780. The molecule has 1 aromatic carbocycles. The van der Waals surface area contributed by atoms with Gasteiger partial charge in [-0.15, -0.1) is 0 Å². The van der Waals surface area contributed by atoms with Crippen LogP contribution in [0.3, 0.4) is 0 Å². The van der Waals surface area contributed by atoms with Crippen LogP contribution in [0.1, 0.15) is 23.7 Å². The second kappa shape index (κ2) is 6.59. The molecule has 4 nitrogen and oxygen atoms in total. The van der Waals surface area contributed by atoms with Gasteiger partial charge in [0.2, 0.25) is 0 Å². The van der Waals surface area contributed by atoms with Gasteiger partial charge < -0.3 is 5.32 Å². The predicted molar refractivity (Wildman–Crippen MR) is 77.7 cm³/mol. The molecule has 0 aliphatic heterocycles. The van der Waals surface area contributed by atoms with Crippen LogP contribution < -0.4 is 5.32 Å². The third-order valence-electron chi connectivity index (χ3n) is 2.48. The Morgan fingerprint density at radius 2 is 1.95 bits per heavy atom. The van der Waals surface area contributed by atoms with E-state index in [0.717, 1.165) is 0 Å². The summed E-state index contributed by atoms with van der Waals surface area (Å²) in [5, 5.41) is 3.39. The molecule has 1 N–H and O–H groups in total. The quantitative estimate of drug-likeness (QED) is 0.905. The van der Waals surface area contributed by atoms with Crippen LogP contribution in [0.4, 0.5) is 0 Å². The monoisotopic (exact) mass is 323 g/mol. The summed E-state index contributed by atoms with van der Waals surface area (Å²) in [5.41, 5.74) is 0.389. The molecule has 0 saturated carbocycles. The summed E-state index contributed by atoms with van der Waals surface area (Å²) in [5.74, 6) is -0.268. The lowest BCUT2D eigenvalue weighted by Gasteiger charge is -2.13. The molecule has 0 radical (unpaired) electrons. The lowest BCUT2D eigenvalue weighted by Crippen LogP contribution is -2.33. The number of amides is 1. The molecule has 0 aliphatic rings. The molecule has 0 bridgehead atoms. The van der Waals surface area contributed by atoms with E-state index < -0.39 is 9.84 Å². The van der Waals surface area contributed by atoms with Crippen molar-refractivity contribution in [2.24, 2.45) is 0 Å². The first-order chi connectivity index (χ1) is 8.69. The normalized spacial score (nSPS) is 13.1. The maximum Gasteiger partial charge on any atom is 0.251 e. The first kappa shape index (κ1) is 16.3. The number of hydrogen-bond acceptors (Lipinski definition) is 3. The van der Waals surface area contributed by atoms with E-state index in [4.69, 9.17) is 23.2 Å². The van der Waals surface area contributed by atoms with Gasteiger partial charge in [-0.2, -0.15) is 0 Å². The average Bonchev–Trinajstić information content (AvgIpc) is 2.29. The van der Waals surface area contributed by atoms with E-state index in [2.05, 4.69) is 5.32 Å². The fraction of sp³-hybridized carbons (Fsp3) is 0.417. The summed E-state index contributed by atoms with van der Waals surface area (Å²) in [7, 11) is -3.02. The number of hydrogen-bond donors (Lipinski definition) is 1. The molecule has 7 heteroatoms. The molecule has 0 fully saturated rings. The molecule has 1 atom stereocenters. The number of sulfone groups is 1. The summed E-state index contributed by atoms with van der Waals surface area (Å²) in [6.07, 6.45) is 1.53. The van der Waals surface area contributed by atoms with Crippen molar-refractivity contribution >= 4 is 38.9 Å². The van der Waals surface area contributed by atoms with E-state index in [1.165, 1.54) is 12.3 Å². The van der Waals surface area contributed by atoms with E-state index >= 15 is 0 Å². The third kappa shape index (κ3) is 5.80. The Bertz CT molecular complexity index is 572. The van der Waals surface area contributed by atoms with Gasteiger partial charge >= 0.3 is 0 Å². The molecule has 1 rings (SSSR count). The van der Waals surface area contributed by atoms with E-state index in [9.17, 15) is 13.2 Å². The lowest BCUT2D eigenvalue weighted by molar-refractivity contribution is 0.0939. The second-order valence-electron chi connectivity index (χ2n) is 4.42. The number of carbonyl (C=O) groups excluding carboxylic acids is 1. The van der Waals surface area contributed by atoms with Gasteiger partial charge in [-0.3, -0.25) is 4.79 Å². The fourth-order valence-corrected chi connectivity index (χ4v) is 2.49. The van der Waals surface area contributed by atoms with Gasteiger partial charge in [0.25, 0.3) is 5.91 Å². The van der Waals surface area contributed by atoms with Gasteiger partial charge in [0, 0.05) is 17.9 Å². The van der Waals surface area contributed by atoms with Crippen LogP contribution in [-0.2, 0) is 9.84 Å². The molecular formula is C12H15Cl2NO3S. The predicted octanol–water partition coefficient (Wildman–Crippen LogP) is 2.55. The van der Waals surface area contributed by atoms with Crippen LogP contribution >= 0.6 is 23.2 Å². The summed E-state index contributed by atoms with van der Waals surface area (Å²) in [4.78, 5) is 11.9. The Labute approximate surface area is 123 Å². The minimum absolute atomic E-state index is 0.0375. The highest BCUT2D eigenvalue weighted by atomic mass is 35.5. The molecule has 0 spiro atoms. The Kier molecular flexibility index (Phi) is 5.64. The minimum atomic E-state index is -3.02. The Morgan fingerprint density at radius 3 is 2.47 bits per heavy atom. The molecule has 1 amide bonds. The van der Waals surface area contributed by atoms with E-state index in [-0.39, 0.29) is 17.7 Å². The molecule has 0 aliphatic carbocycles. The van der Waals surface area contributed by atoms with Crippen LogP contribution in [-0.4, -0.2) is 32.4 Å². The van der Waals surface area contributed by atoms with Crippen LogP contribution in [0.2, 0.25) is 10.0 Å². The first-order valence-electron chi connectivity index (χ1n) is 5.62.